The number of aromatic nitrogens is 6. The summed E-state index contributed by atoms with van der Waals surface area (Å²) in [5.74, 6) is -5.23. The van der Waals surface area contributed by atoms with Crippen molar-refractivity contribution in [2.75, 3.05) is 36.6 Å². The number of nitrogens with zero attached hydrogens (tertiary/aromatic N) is 8. The summed E-state index contributed by atoms with van der Waals surface area (Å²) in [6, 6.07) is 15.8. The lowest BCUT2D eigenvalue weighted by atomic mass is 9.85. The Morgan fingerprint density at radius 2 is 1.68 bits per heavy atom. The van der Waals surface area contributed by atoms with E-state index in [1.807, 2.05) is 67.6 Å². The van der Waals surface area contributed by atoms with Gasteiger partial charge in [0.2, 0.25) is 17.7 Å². The fourth-order valence-corrected chi connectivity index (χ4v) is 11.5. The van der Waals surface area contributed by atoms with Gasteiger partial charge in [0.05, 0.1) is 51.0 Å². The smallest absolute Gasteiger partial charge is 0.355 e. The standard InChI is InChI=1S/C55H63F3N12O7S2/c1-31-49(78-30-62-31)35-9-7-33(8-10-35)25-61-52(73)43-24-40(71)29-69(43)53(74)50(55(3,4)5)64-45(72)19-22-68-20-17-39(18-21-68)70-28-37(26-63-70)41-27-60-51(59)46-47(65-67(6)48(41)46)36-13-16-42(66-79(75,76)54(57)58)44(23-36)77-32(2)34-11-14-38(56)15-12-34/h7-16,23,26-28,30,32,39-40,43,50,54,66,71H,17-22,24-25,29H2,1-6H3,(H2,59,60)(H,61,73)(H,64,72)/t32-,40+,43-,50+/m0/s1. The highest BCUT2D eigenvalue weighted by molar-refractivity contribution is 7.93. The molecule has 3 aromatic carbocycles. The van der Waals surface area contributed by atoms with Crippen molar-refractivity contribution in [3.63, 3.8) is 0 Å². The fourth-order valence-electron chi connectivity index (χ4n) is 10.1. The van der Waals surface area contributed by atoms with Crippen LogP contribution in [-0.2, 0) is 38.0 Å². The molecule has 2 fully saturated rings. The molecule has 2 saturated heterocycles. The van der Waals surface area contributed by atoms with Gasteiger partial charge in [-0.15, -0.1) is 11.3 Å². The van der Waals surface area contributed by atoms with Gasteiger partial charge >= 0.3 is 5.76 Å². The number of aryl methyl sites for hydroxylation is 2. The van der Waals surface area contributed by atoms with Crippen LogP contribution in [0.15, 0.2) is 90.8 Å². The van der Waals surface area contributed by atoms with Gasteiger partial charge in [0, 0.05) is 81.7 Å². The number of hydrogen-bond donors (Lipinski definition) is 5. The average Bonchev–Trinajstić information content (AvgIpc) is 4.46. The Morgan fingerprint density at radius 1 is 0.975 bits per heavy atom. The Bertz CT molecular complexity index is 3470. The first kappa shape index (κ1) is 56.3. The summed E-state index contributed by atoms with van der Waals surface area (Å²) in [6.07, 6.45) is 5.35. The Labute approximate surface area is 459 Å². The number of piperidine rings is 1. The van der Waals surface area contributed by atoms with Crippen LogP contribution in [0.3, 0.4) is 0 Å². The number of amides is 3. The number of anilines is 2. The van der Waals surface area contributed by atoms with Gasteiger partial charge in [0.1, 0.15) is 41.3 Å². The van der Waals surface area contributed by atoms with Gasteiger partial charge in [-0.2, -0.15) is 19.0 Å². The normalized spacial score (nSPS) is 17.3. The van der Waals surface area contributed by atoms with Crippen molar-refractivity contribution in [3.8, 4) is 38.6 Å². The van der Waals surface area contributed by atoms with Gasteiger partial charge < -0.3 is 36.0 Å². The number of alkyl halides is 2. The number of aliphatic hydroxyl groups is 1. The molecule has 7 aromatic rings. The van der Waals surface area contributed by atoms with E-state index in [1.54, 1.807) is 47.9 Å². The number of rotatable bonds is 18. The van der Waals surface area contributed by atoms with E-state index in [0.717, 1.165) is 40.1 Å². The van der Waals surface area contributed by atoms with Crippen molar-refractivity contribution in [2.24, 2.45) is 12.5 Å². The number of thiazole rings is 1. The molecule has 79 heavy (non-hydrogen) atoms. The van der Waals surface area contributed by atoms with Crippen LogP contribution in [0, 0.1) is 18.2 Å². The lowest BCUT2D eigenvalue weighted by Gasteiger charge is -2.36. The first-order chi connectivity index (χ1) is 37.5. The first-order valence-corrected chi connectivity index (χ1v) is 28.3. The Morgan fingerprint density at radius 3 is 2.35 bits per heavy atom. The minimum Gasteiger partial charge on any atom is -0.484 e. The summed E-state index contributed by atoms with van der Waals surface area (Å²) in [5.41, 5.74) is 13.6. The SMILES string of the molecule is Cc1ncsc1-c1ccc(CNC(=O)[C@@H]2C[C@@H](O)CN2C(=O)[C@@H](NC(=O)CCN2CCC(n3cc(-c4cnc(N)c5c(-c6ccc(NS(=O)(=O)C(F)F)c(O[C@@H](C)c7ccc(F)cc7)c6)nn(C)c45)cn3)CC2)C(C)(C)C)cc1. The van der Waals surface area contributed by atoms with E-state index in [2.05, 4.69) is 25.5 Å². The van der Waals surface area contributed by atoms with Crippen molar-refractivity contribution >= 4 is 61.5 Å². The fraction of sp³-hybridized carbons (Fsp3) is 0.400. The van der Waals surface area contributed by atoms with Gasteiger partial charge in [-0.3, -0.25) is 28.5 Å². The van der Waals surface area contributed by atoms with Crippen LogP contribution in [0.4, 0.5) is 24.7 Å². The summed E-state index contributed by atoms with van der Waals surface area (Å²) in [6.45, 7) is 11.2. The molecule has 6 N–H and O–H groups in total. The number of ether oxygens (including phenoxy) is 1. The monoisotopic (exact) mass is 1120 g/mol. The predicted molar refractivity (Wildman–Crippen MR) is 295 cm³/mol. The van der Waals surface area contributed by atoms with Crippen LogP contribution in [0.25, 0.3) is 43.7 Å². The summed E-state index contributed by atoms with van der Waals surface area (Å²) in [4.78, 5) is 55.0. The van der Waals surface area contributed by atoms with E-state index in [-0.39, 0.29) is 61.0 Å². The second-order valence-electron chi connectivity index (χ2n) is 21.2. The number of carbonyl (C=O) groups excluding carboxylic acids is 3. The second-order valence-corrected chi connectivity index (χ2v) is 23.7. The minimum atomic E-state index is -5.09. The van der Waals surface area contributed by atoms with Gasteiger partial charge in [0.15, 0.2) is 0 Å². The summed E-state index contributed by atoms with van der Waals surface area (Å²) >= 11 is 1.56. The summed E-state index contributed by atoms with van der Waals surface area (Å²) in [7, 11) is -3.35. The number of carbonyl (C=O) groups is 3. The van der Waals surface area contributed by atoms with Crippen LogP contribution in [0.1, 0.15) is 82.3 Å². The maximum absolute atomic E-state index is 14.2. The number of sulfonamides is 1. The van der Waals surface area contributed by atoms with E-state index in [9.17, 15) is 41.1 Å². The summed E-state index contributed by atoms with van der Waals surface area (Å²) < 4.78 is 77.0. The Kier molecular flexibility index (Phi) is 16.5. The zero-order valence-electron chi connectivity index (χ0n) is 44.5. The molecule has 0 aliphatic carbocycles. The third-order valence-corrected chi connectivity index (χ3v) is 16.4. The molecule has 0 spiro atoms. The molecule has 4 aromatic heterocycles. The number of nitrogens with two attached hydrogens (primary N) is 1. The zero-order chi connectivity index (χ0) is 56.5. The molecule has 0 saturated carbocycles. The zero-order valence-corrected chi connectivity index (χ0v) is 46.1. The predicted octanol–water partition coefficient (Wildman–Crippen LogP) is 7.59. The summed E-state index contributed by atoms with van der Waals surface area (Å²) in [5, 5.41) is 26.6. The van der Waals surface area contributed by atoms with Gasteiger partial charge in [-0.1, -0.05) is 63.2 Å². The number of hydrogen-bond acceptors (Lipinski definition) is 14. The second kappa shape index (κ2) is 23.1. The van der Waals surface area contributed by atoms with Crippen LogP contribution in [0.5, 0.6) is 5.75 Å². The average molecular weight is 1130 g/mol. The van der Waals surface area contributed by atoms with Crippen molar-refractivity contribution in [1.82, 2.24) is 50.0 Å². The largest absolute Gasteiger partial charge is 0.484 e. The number of halogens is 3. The van der Waals surface area contributed by atoms with Gasteiger partial charge in [-0.05, 0) is 73.1 Å². The van der Waals surface area contributed by atoms with E-state index < -0.39 is 57.2 Å². The molecule has 3 amide bonds. The lowest BCUT2D eigenvalue weighted by Crippen LogP contribution is -2.58. The van der Waals surface area contributed by atoms with Crippen molar-refractivity contribution in [1.29, 1.82) is 0 Å². The molecule has 2 aliphatic rings. The number of aliphatic hydroxyl groups excluding tert-OH is 1. The third-order valence-electron chi connectivity index (χ3n) is 14.5. The molecular weight excluding hydrogens is 1060 g/mol. The molecule has 2 aliphatic heterocycles. The Balaban J connectivity index is 0.819. The molecule has 0 radical (unpaired) electrons. The number of likely N-dealkylation sites (tertiary alicyclic amines) is 2. The van der Waals surface area contributed by atoms with E-state index in [1.165, 1.54) is 47.4 Å². The van der Waals surface area contributed by atoms with E-state index in [0.29, 0.717) is 52.9 Å². The molecule has 9 rings (SSSR count). The van der Waals surface area contributed by atoms with Crippen LogP contribution >= 0.6 is 11.3 Å². The molecule has 6 heterocycles. The highest BCUT2D eigenvalue weighted by atomic mass is 32.2. The van der Waals surface area contributed by atoms with Crippen LogP contribution < -0.4 is 25.8 Å². The molecule has 24 heteroatoms. The molecule has 418 valence electrons. The maximum Gasteiger partial charge on any atom is 0.355 e. The number of benzene rings is 3. The van der Waals surface area contributed by atoms with Crippen molar-refractivity contribution in [3.05, 3.63) is 113 Å². The highest BCUT2D eigenvalue weighted by Crippen LogP contribution is 2.41. The number of fused-ring (bicyclic) bond motifs is 1. The van der Waals surface area contributed by atoms with Gasteiger partial charge in [0.25, 0.3) is 10.0 Å². The minimum absolute atomic E-state index is 0.0262. The third kappa shape index (κ3) is 12.6. The molecule has 4 atom stereocenters. The molecule has 0 bridgehead atoms. The van der Waals surface area contributed by atoms with Crippen molar-refractivity contribution in [2.45, 2.75) is 103 Å². The number of nitrogen functional groups attached to an aromatic ring is 1. The number of nitrogens with one attached hydrogen (secondary N) is 3. The van der Waals surface area contributed by atoms with Gasteiger partial charge in [-0.25, -0.2) is 22.8 Å². The molecule has 0 unspecified atom stereocenters. The first-order valence-electron chi connectivity index (χ1n) is 25.8. The quantitative estimate of drug-likeness (QED) is 0.0557. The van der Waals surface area contributed by atoms with Crippen molar-refractivity contribution < 1.29 is 45.8 Å². The van der Waals surface area contributed by atoms with E-state index in [4.69, 9.17) is 20.7 Å². The topological polar surface area (TPSA) is 245 Å². The lowest BCUT2D eigenvalue weighted by molar-refractivity contribution is -0.144. The number of pyridine rings is 1. The Hall–Kier alpha value is -7.41. The highest BCUT2D eigenvalue weighted by Gasteiger charge is 2.44. The van der Waals surface area contributed by atoms with E-state index >= 15 is 0 Å². The van der Waals surface area contributed by atoms with Crippen LogP contribution in [0.2, 0.25) is 0 Å². The molecule has 19 nitrogen and oxygen atoms in total. The van der Waals surface area contributed by atoms with Crippen LogP contribution in [-0.4, -0.2) is 121 Å². The number of β-amino-alcohol motifs (C(OH)–C–C–N with tert-alkyl or cyclic N) is 1. The maximum atomic E-state index is 14.2. The molecular formula is C55H63F3N12O7S2.